The lowest BCUT2D eigenvalue weighted by molar-refractivity contribution is -0.129. The molecule has 6 heteroatoms. The van der Waals surface area contributed by atoms with Crippen molar-refractivity contribution >= 4 is 23.5 Å². The Balaban J connectivity index is 1.50. The Kier molecular flexibility index (Phi) is 5.78. The van der Waals surface area contributed by atoms with E-state index in [0.29, 0.717) is 22.9 Å². The smallest absolute Gasteiger partial charge is 0.338 e. The van der Waals surface area contributed by atoms with Crippen molar-refractivity contribution in [2.45, 2.75) is 38.5 Å². The lowest BCUT2D eigenvalue weighted by Crippen LogP contribution is -2.37. The molecule has 1 saturated carbocycles. The molecule has 0 spiro atoms. The van der Waals surface area contributed by atoms with Gasteiger partial charge in [-0.25, -0.2) is 4.79 Å². The Hall–Kier alpha value is -2.53. The van der Waals surface area contributed by atoms with Crippen molar-refractivity contribution in [3.63, 3.8) is 0 Å². The van der Waals surface area contributed by atoms with Crippen molar-refractivity contribution in [1.82, 2.24) is 5.32 Å². The summed E-state index contributed by atoms with van der Waals surface area (Å²) in [6, 6.07) is 14.3. The average molecular weight is 374 g/mol. The van der Waals surface area contributed by atoms with E-state index in [1.165, 1.54) is 0 Å². The van der Waals surface area contributed by atoms with Crippen LogP contribution in [0.5, 0.6) is 5.75 Å². The minimum atomic E-state index is -0.809. The number of benzene rings is 2. The summed E-state index contributed by atoms with van der Waals surface area (Å²) in [4.78, 5) is 24.0. The van der Waals surface area contributed by atoms with Crippen LogP contribution in [0.3, 0.4) is 0 Å². The Morgan fingerprint density at radius 2 is 1.77 bits per heavy atom. The summed E-state index contributed by atoms with van der Waals surface area (Å²) in [6.07, 6.45) is 1.17. The van der Waals surface area contributed by atoms with E-state index in [4.69, 9.17) is 21.1 Å². The first-order chi connectivity index (χ1) is 12.5. The molecule has 26 heavy (non-hydrogen) atoms. The fraction of sp³-hybridized carbons (Fsp3) is 0.300. The molecular weight excluding hydrogens is 354 g/mol. The molecule has 1 N–H and O–H groups in total. The number of hydrogen-bond donors (Lipinski definition) is 1. The molecular formula is C20H20ClNO4. The van der Waals surface area contributed by atoms with Gasteiger partial charge in [0.2, 0.25) is 0 Å². The van der Waals surface area contributed by atoms with E-state index in [-0.39, 0.29) is 11.9 Å². The van der Waals surface area contributed by atoms with Gasteiger partial charge in [-0.3, -0.25) is 4.79 Å². The van der Waals surface area contributed by atoms with Crippen LogP contribution < -0.4 is 10.1 Å². The molecule has 1 fully saturated rings. The van der Waals surface area contributed by atoms with E-state index < -0.39 is 12.1 Å². The third-order valence-electron chi connectivity index (χ3n) is 3.99. The van der Waals surface area contributed by atoms with Gasteiger partial charge in [0.25, 0.3) is 5.91 Å². The number of halogens is 1. The van der Waals surface area contributed by atoms with Crippen LogP contribution in [0, 0.1) is 0 Å². The third kappa shape index (κ3) is 5.23. The first kappa shape index (κ1) is 18.3. The predicted molar refractivity (Wildman–Crippen MR) is 98.3 cm³/mol. The molecule has 2 aromatic rings. The van der Waals surface area contributed by atoms with Gasteiger partial charge in [-0.15, -0.1) is 0 Å². The number of amides is 1. The number of esters is 1. The molecule has 0 aromatic heterocycles. The molecule has 1 aliphatic carbocycles. The van der Waals surface area contributed by atoms with Gasteiger partial charge in [-0.1, -0.05) is 23.7 Å². The van der Waals surface area contributed by atoms with Gasteiger partial charge in [-0.2, -0.15) is 0 Å². The van der Waals surface area contributed by atoms with Crippen LogP contribution in [0.25, 0.3) is 0 Å². The van der Waals surface area contributed by atoms with Gasteiger partial charge >= 0.3 is 5.97 Å². The Bertz CT molecular complexity index is 769. The second-order valence-electron chi connectivity index (χ2n) is 6.27. The fourth-order valence-electron chi connectivity index (χ4n) is 2.26. The first-order valence-electron chi connectivity index (χ1n) is 8.50. The highest BCUT2D eigenvalue weighted by molar-refractivity contribution is 6.30. The Morgan fingerprint density at radius 1 is 1.12 bits per heavy atom. The lowest BCUT2D eigenvalue weighted by Gasteiger charge is -2.13. The molecule has 1 amide bonds. The van der Waals surface area contributed by atoms with Crippen LogP contribution >= 0.6 is 11.6 Å². The van der Waals surface area contributed by atoms with Crippen LogP contribution in [-0.2, 0) is 16.1 Å². The summed E-state index contributed by atoms with van der Waals surface area (Å²) in [5, 5.41) is 3.47. The summed E-state index contributed by atoms with van der Waals surface area (Å²) in [6.45, 7) is 1.95. The Labute approximate surface area is 157 Å². The quantitative estimate of drug-likeness (QED) is 0.751. The van der Waals surface area contributed by atoms with Gasteiger partial charge in [-0.05, 0) is 61.7 Å². The number of nitrogens with one attached hydrogen (secondary N) is 1. The summed E-state index contributed by atoms with van der Waals surface area (Å²) in [7, 11) is 0. The molecule has 136 valence electrons. The van der Waals surface area contributed by atoms with E-state index in [0.717, 1.165) is 18.4 Å². The van der Waals surface area contributed by atoms with Crippen molar-refractivity contribution in [3.8, 4) is 5.75 Å². The molecule has 0 heterocycles. The van der Waals surface area contributed by atoms with Crippen LogP contribution in [0.15, 0.2) is 48.5 Å². The van der Waals surface area contributed by atoms with Crippen LogP contribution in [0.2, 0.25) is 5.02 Å². The highest BCUT2D eigenvalue weighted by atomic mass is 35.5. The molecule has 3 rings (SSSR count). The van der Waals surface area contributed by atoms with Crippen molar-refractivity contribution in [1.29, 1.82) is 0 Å². The summed E-state index contributed by atoms with van der Waals surface area (Å²) in [5.41, 5.74) is 1.31. The third-order valence-corrected chi connectivity index (χ3v) is 4.24. The molecule has 1 atom stereocenters. The van der Waals surface area contributed by atoms with Gasteiger partial charge in [0.05, 0.1) is 5.56 Å². The maximum Gasteiger partial charge on any atom is 0.338 e. The zero-order chi connectivity index (χ0) is 18.5. The number of hydrogen-bond acceptors (Lipinski definition) is 4. The topological polar surface area (TPSA) is 64.6 Å². The zero-order valence-corrected chi connectivity index (χ0v) is 15.2. The van der Waals surface area contributed by atoms with Crippen molar-refractivity contribution in [2.75, 3.05) is 0 Å². The van der Waals surface area contributed by atoms with Crippen molar-refractivity contribution < 1.29 is 19.1 Å². The van der Waals surface area contributed by atoms with E-state index >= 15 is 0 Å². The molecule has 2 aromatic carbocycles. The van der Waals surface area contributed by atoms with Crippen LogP contribution in [0.4, 0.5) is 0 Å². The molecule has 0 saturated heterocycles. The largest absolute Gasteiger partial charge is 0.489 e. The number of carbonyl (C=O) groups is 2. The maximum absolute atomic E-state index is 12.1. The second-order valence-corrected chi connectivity index (χ2v) is 6.71. The molecule has 0 aliphatic heterocycles. The fourth-order valence-corrected chi connectivity index (χ4v) is 2.39. The van der Waals surface area contributed by atoms with Crippen LogP contribution in [0.1, 0.15) is 35.7 Å². The van der Waals surface area contributed by atoms with E-state index in [1.54, 1.807) is 55.5 Å². The maximum atomic E-state index is 12.1. The van der Waals surface area contributed by atoms with E-state index in [1.807, 2.05) is 0 Å². The van der Waals surface area contributed by atoms with Gasteiger partial charge < -0.3 is 14.8 Å². The lowest BCUT2D eigenvalue weighted by atomic mass is 10.1. The van der Waals surface area contributed by atoms with Crippen molar-refractivity contribution in [3.05, 3.63) is 64.7 Å². The molecule has 0 unspecified atom stereocenters. The zero-order valence-electron chi connectivity index (χ0n) is 14.4. The number of carbonyl (C=O) groups excluding carboxylic acids is 2. The minimum absolute atomic E-state index is 0.239. The van der Waals surface area contributed by atoms with Gasteiger partial charge in [0.1, 0.15) is 12.4 Å². The van der Waals surface area contributed by atoms with Gasteiger partial charge in [0.15, 0.2) is 6.10 Å². The molecule has 0 bridgehead atoms. The summed E-state index contributed by atoms with van der Waals surface area (Å²) >= 11 is 5.83. The number of ether oxygens (including phenoxy) is 2. The predicted octanol–water partition coefficient (Wildman–Crippen LogP) is 3.74. The summed E-state index contributed by atoms with van der Waals surface area (Å²) in [5.74, 6) is -0.0594. The Morgan fingerprint density at radius 3 is 2.38 bits per heavy atom. The van der Waals surface area contributed by atoms with Crippen molar-refractivity contribution in [2.24, 2.45) is 0 Å². The minimum Gasteiger partial charge on any atom is -0.489 e. The standard InChI is InChI=1S/C20H20ClNO4/c1-13(19(23)22-17-8-9-17)26-20(24)15-4-2-14(3-5-15)12-25-18-10-6-16(21)7-11-18/h2-7,10-11,13,17H,8-9,12H2,1H3,(H,22,23)/t13-/m0/s1. The average Bonchev–Trinajstić information content (AvgIpc) is 3.45. The molecule has 5 nitrogen and oxygen atoms in total. The van der Waals surface area contributed by atoms with E-state index in [2.05, 4.69) is 5.32 Å². The van der Waals surface area contributed by atoms with Crippen LogP contribution in [-0.4, -0.2) is 24.0 Å². The van der Waals surface area contributed by atoms with E-state index in [9.17, 15) is 9.59 Å². The molecule has 0 radical (unpaired) electrons. The normalized spacial score (nSPS) is 14.4. The van der Waals surface area contributed by atoms with Gasteiger partial charge in [0, 0.05) is 11.1 Å². The highest BCUT2D eigenvalue weighted by Gasteiger charge is 2.27. The molecule has 1 aliphatic rings. The second kappa shape index (κ2) is 8.23. The number of rotatable bonds is 7. The highest BCUT2D eigenvalue weighted by Crippen LogP contribution is 2.19. The summed E-state index contributed by atoms with van der Waals surface area (Å²) < 4.78 is 10.9. The first-order valence-corrected chi connectivity index (χ1v) is 8.88. The SMILES string of the molecule is C[C@H](OC(=O)c1ccc(COc2ccc(Cl)cc2)cc1)C(=O)NC1CC1. The monoisotopic (exact) mass is 373 g/mol.